The summed E-state index contributed by atoms with van der Waals surface area (Å²) in [7, 11) is 1.73. The predicted octanol–water partition coefficient (Wildman–Crippen LogP) is 1.59. The monoisotopic (exact) mass is 134 g/mol. The van der Waals surface area contributed by atoms with E-state index in [1.54, 1.807) is 7.11 Å². The van der Waals surface area contributed by atoms with E-state index in [1.165, 1.54) is 0 Å². The van der Waals surface area contributed by atoms with E-state index in [9.17, 15) is 0 Å². The van der Waals surface area contributed by atoms with Crippen LogP contribution in [0.25, 0.3) is 0 Å². The Labute approximate surface area is 56.8 Å². The lowest BCUT2D eigenvalue weighted by molar-refractivity contribution is 0.158. The fraction of sp³-hybridized carbons (Fsp3) is 1.00. The van der Waals surface area contributed by atoms with Gasteiger partial charge < -0.3 is 4.74 Å². The summed E-state index contributed by atoms with van der Waals surface area (Å²) in [5, 5.41) is 0. The Bertz CT molecular complexity index is 41.8. The Morgan fingerprint density at radius 1 is 1.62 bits per heavy atom. The van der Waals surface area contributed by atoms with Gasteiger partial charge in [-0.1, -0.05) is 6.92 Å². The van der Waals surface area contributed by atoms with E-state index in [4.69, 9.17) is 4.74 Å². The smallest absolute Gasteiger partial charge is 0.0488 e. The highest BCUT2D eigenvalue weighted by Crippen LogP contribution is 2.01. The highest BCUT2D eigenvalue weighted by Gasteiger charge is 1.96. The molecule has 0 fully saturated rings. The molecule has 8 heavy (non-hydrogen) atoms. The Morgan fingerprint density at radius 2 is 2.25 bits per heavy atom. The fourth-order valence-electron chi connectivity index (χ4n) is 0.588. The van der Waals surface area contributed by atoms with E-state index in [0.29, 0.717) is 5.92 Å². The molecule has 0 amide bonds. The average Bonchev–Trinajstić information content (AvgIpc) is 1.68. The highest BCUT2D eigenvalue weighted by atomic mass is 32.1. The molecular formula is C6H14OS. The van der Waals surface area contributed by atoms with E-state index in [1.807, 2.05) is 0 Å². The van der Waals surface area contributed by atoms with E-state index in [-0.39, 0.29) is 0 Å². The molecule has 0 saturated heterocycles. The van der Waals surface area contributed by atoms with Crippen molar-refractivity contribution in [3.05, 3.63) is 0 Å². The van der Waals surface area contributed by atoms with Gasteiger partial charge in [0.25, 0.3) is 0 Å². The van der Waals surface area contributed by atoms with Crippen LogP contribution in [0.2, 0.25) is 0 Å². The number of hydrogen-bond donors (Lipinski definition) is 1. The normalized spacial score (nSPS) is 13.9. The van der Waals surface area contributed by atoms with E-state index >= 15 is 0 Å². The summed E-state index contributed by atoms with van der Waals surface area (Å²) in [6.45, 7) is 3.03. The molecule has 0 spiro atoms. The summed E-state index contributed by atoms with van der Waals surface area (Å²) in [5.74, 6) is 1.63. The van der Waals surface area contributed by atoms with Crippen LogP contribution in [0.5, 0.6) is 0 Å². The zero-order valence-electron chi connectivity index (χ0n) is 5.55. The van der Waals surface area contributed by atoms with Gasteiger partial charge in [0.1, 0.15) is 0 Å². The molecule has 1 nitrogen and oxygen atoms in total. The van der Waals surface area contributed by atoms with E-state index in [2.05, 4.69) is 19.6 Å². The Hall–Kier alpha value is 0.310. The number of rotatable bonds is 4. The first kappa shape index (κ1) is 8.31. The average molecular weight is 134 g/mol. The van der Waals surface area contributed by atoms with Crippen molar-refractivity contribution in [3.63, 3.8) is 0 Å². The first-order chi connectivity index (χ1) is 3.81. The molecule has 50 valence electrons. The van der Waals surface area contributed by atoms with Crippen molar-refractivity contribution in [3.8, 4) is 0 Å². The summed E-state index contributed by atoms with van der Waals surface area (Å²) < 4.78 is 4.92. The predicted molar refractivity (Wildman–Crippen MR) is 39.5 cm³/mol. The second-order valence-corrected chi connectivity index (χ2v) is 2.52. The van der Waals surface area contributed by atoms with Gasteiger partial charge in [-0.05, 0) is 18.1 Å². The summed E-state index contributed by atoms with van der Waals surface area (Å²) >= 11 is 4.10. The maximum absolute atomic E-state index is 4.92. The Kier molecular flexibility index (Phi) is 5.66. The zero-order valence-corrected chi connectivity index (χ0v) is 6.45. The minimum Gasteiger partial charge on any atom is -0.384 e. The molecule has 1 unspecified atom stereocenters. The number of methoxy groups -OCH3 is 1. The molecule has 0 rings (SSSR count). The molecule has 1 atom stereocenters. The highest BCUT2D eigenvalue weighted by molar-refractivity contribution is 7.80. The topological polar surface area (TPSA) is 9.23 Å². The van der Waals surface area contributed by atoms with Gasteiger partial charge >= 0.3 is 0 Å². The molecule has 0 aromatic carbocycles. The molecule has 0 aliphatic carbocycles. The van der Waals surface area contributed by atoms with Crippen molar-refractivity contribution in [2.24, 2.45) is 5.92 Å². The zero-order chi connectivity index (χ0) is 6.41. The van der Waals surface area contributed by atoms with Crippen LogP contribution in [0.1, 0.15) is 13.3 Å². The molecule has 2 heteroatoms. The standard InChI is InChI=1S/C6H14OS/c1-6(3-4-8)5-7-2/h6,8H,3-5H2,1-2H3. The van der Waals surface area contributed by atoms with Crippen LogP contribution >= 0.6 is 12.6 Å². The molecule has 0 aromatic heterocycles. The third-order valence-electron chi connectivity index (χ3n) is 1.07. The van der Waals surface area contributed by atoms with Crippen molar-refractivity contribution >= 4 is 12.6 Å². The molecule has 0 radical (unpaired) electrons. The largest absolute Gasteiger partial charge is 0.384 e. The molecule has 0 aromatic rings. The molecular weight excluding hydrogens is 120 g/mol. The van der Waals surface area contributed by atoms with Gasteiger partial charge in [-0.3, -0.25) is 0 Å². The van der Waals surface area contributed by atoms with Gasteiger partial charge in [-0.25, -0.2) is 0 Å². The third kappa shape index (κ3) is 4.47. The van der Waals surface area contributed by atoms with Crippen LogP contribution in [0.3, 0.4) is 0 Å². The molecule has 0 bridgehead atoms. The fourth-order valence-corrected chi connectivity index (χ4v) is 1.03. The van der Waals surface area contributed by atoms with Crippen molar-refractivity contribution in [1.82, 2.24) is 0 Å². The first-order valence-electron chi connectivity index (χ1n) is 2.91. The molecule has 0 N–H and O–H groups in total. The van der Waals surface area contributed by atoms with Gasteiger partial charge in [0.05, 0.1) is 0 Å². The molecule has 0 aliphatic heterocycles. The first-order valence-corrected chi connectivity index (χ1v) is 3.54. The third-order valence-corrected chi connectivity index (χ3v) is 1.33. The van der Waals surface area contributed by atoms with Crippen LogP contribution < -0.4 is 0 Å². The van der Waals surface area contributed by atoms with Gasteiger partial charge in [-0.2, -0.15) is 12.6 Å². The Balaban J connectivity index is 2.92. The van der Waals surface area contributed by atoms with E-state index in [0.717, 1.165) is 18.8 Å². The van der Waals surface area contributed by atoms with Crippen molar-refractivity contribution in [2.75, 3.05) is 19.5 Å². The number of ether oxygens (including phenoxy) is 1. The molecule has 0 aliphatic rings. The van der Waals surface area contributed by atoms with Crippen LogP contribution in [-0.4, -0.2) is 19.5 Å². The van der Waals surface area contributed by atoms with Gasteiger partial charge in [0, 0.05) is 13.7 Å². The molecule has 0 heterocycles. The summed E-state index contributed by atoms with van der Waals surface area (Å²) in [6, 6.07) is 0. The van der Waals surface area contributed by atoms with Gasteiger partial charge in [-0.15, -0.1) is 0 Å². The second-order valence-electron chi connectivity index (χ2n) is 2.07. The van der Waals surface area contributed by atoms with Gasteiger partial charge in [0.15, 0.2) is 0 Å². The SMILES string of the molecule is COCC(C)CCS. The van der Waals surface area contributed by atoms with Crippen molar-refractivity contribution in [2.45, 2.75) is 13.3 Å². The summed E-state index contributed by atoms with van der Waals surface area (Å²) in [4.78, 5) is 0. The lowest BCUT2D eigenvalue weighted by Gasteiger charge is -2.05. The maximum Gasteiger partial charge on any atom is 0.0488 e. The van der Waals surface area contributed by atoms with Crippen molar-refractivity contribution < 1.29 is 4.74 Å². The van der Waals surface area contributed by atoms with Gasteiger partial charge in [0.2, 0.25) is 0 Å². The summed E-state index contributed by atoms with van der Waals surface area (Å²) in [6.07, 6.45) is 1.15. The van der Waals surface area contributed by atoms with Crippen molar-refractivity contribution in [1.29, 1.82) is 0 Å². The molecule has 0 saturated carbocycles. The number of hydrogen-bond acceptors (Lipinski definition) is 2. The van der Waals surface area contributed by atoms with Crippen LogP contribution in [0, 0.1) is 5.92 Å². The van der Waals surface area contributed by atoms with Crippen LogP contribution in [0.15, 0.2) is 0 Å². The lowest BCUT2D eigenvalue weighted by atomic mass is 10.1. The maximum atomic E-state index is 4.92. The summed E-state index contributed by atoms with van der Waals surface area (Å²) in [5.41, 5.74) is 0. The Morgan fingerprint density at radius 3 is 2.62 bits per heavy atom. The van der Waals surface area contributed by atoms with E-state index < -0.39 is 0 Å². The minimum absolute atomic E-state index is 0.664. The van der Waals surface area contributed by atoms with Crippen LogP contribution in [-0.2, 0) is 4.74 Å². The van der Waals surface area contributed by atoms with Crippen LogP contribution in [0.4, 0.5) is 0 Å². The lowest BCUT2D eigenvalue weighted by Crippen LogP contribution is -2.03. The number of thiol groups is 1. The minimum atomic E-state index is 0.664. The quantitative estimate of drug-likeness (QED) is 0.574. The second kappa shape index (κ2) is 5.45.